The van der Waals surface area contributed by atoms with Crippen LogP contribution in [-0.4, -0.2) is 23.7 Å². The molecule has 0 amide bonds. The Kier molecular flexibility index (Phi) is 3.79. The Balaban J connectivity index is 1.97. The number of hydrogen-bond donors (Lipinski definition) is 1. The van der Waals surface area contributed by atoms with Gasteiger partial charge in [0, 0.05) is 0 Å². The zero-order valence-corrected chi connectivity index (χ0v) is 10.2. The van der Waals surface area contributed by atoms with Crippen LogP contribution in [0.25, 0.3) is 0 Å². The highest BCUT2D eigenvalue weighted by atomic mass is 19.4. The van der Waals surface area contributed by atoms with Crippen molar-refractivity contribution in [1.29, 1.82) is 0 Å². The molecule has 0 saturated carbocycles. The quantitative estimate of drug-likeness (QED) is 0.840. The fraction of sp³-hybridized carbons (Fsp3) is 0.636. The number of esters is 1. The van der Waals surface area contributed by atoms with Crippen LogP contribution in [0.3, 0.4) is 0 Å². The minimum atomic E-state index is -5.06. The summed E-state index contributed by atoms with van der Waals surface area (Å²) in [7, 11) is 0. The van der Waals surface area contributed by atoms with Crippen LogP contribution in [0.1, 0.15) is 31.6 Å². The first-order valence-electron chi connectivity index (χ1n) is 5.84. The molecule has 2 heterocycles. The standard InChI is InChI=1S/C11H13F3N2O3/c1-6-2-3-7(15-4-6)8-5-16-10(18-8)19-9(17)11(12,13)14/h5-7,15H,2-4H2,1H3. The lowest BCUT2D eigenvalue weighted by atomic mass is 9.95. The highest BCUT2D eigenvalue weighted by Crippen LogP contribution is 2.28. The van der Waals surface area contributed by atoms with Gasteiger partial charge in [0.1, 0.15) is 5.76 Å². The molecule has 1 fully saturated rings. The van der Waals surface area contributed by atoms with E-state index in [9.17, 15) is 18.0 Å². The summed E-state index contributed by atoms with van der Waals surface area (Å²) in [5.74, 6) is -1.43. The molecule has 1 aromatic heterocycles. The maximum absolute atomic E-state index is 12.0. The molecule has 8 heteroatoms. The molecule has 0 spiro atoms. The summed E-state index contributed by atoms with van der Waals surface area (Å²) in [6.07, 6.45) is -2.70. The molecular weight excluding hydrogens is 265 g/mol. The van der Waals surface area contributed by atoms with E-state index < -0.39 is 18.2 Å². The topological polar surface area (TPSA) is 64.4 Å². The first-order valence-corrected chi connectivity index (χ1v) is 5.84. The second-order valence-electron chi connectivity index (χ2n) is 4.56. The SMILES string of the molecule is CC1CCC(c2cnc(OC(=O)C(F)(F)F)o2)NC1. The van der Waals surface area contributed by atoms with Gasteiger partial charge in [0.05, 0.1) is 12.2 Å². The van der Waals surface area contributed by atoms with E-state index in [1.165, 1.54) is 6.20 Å². The fourth-order valence-electron chi connectivity index (χ4n) is 1.86. The summed E-state index contributed by atoms with van der Waals surface area (Å²) in [5.41, 5.74) is 0. The monoisotopic (exact) mass is 278 g/mol. The van der Waals surface area contributed by atoms with Crippen LogP contribution in [0.15, 0.2) is 10.6 Å². The first kappa shape index (κ1) is 13.9. The molecule has 1 aliphatic rings. The molecule has 1 aromatic rings. The van der Waals surface area contributed by atoms with Crippen molar-refractivity contribution in [2.24, 2.45) is 5.92 Å². The summed E-state index contributed by atoms with van der Waals surface area (Å²) in [5, 5.41) is 3.19. The molecule has 0 aliphatic carbocycles. The summed E-state index contributed by atoms with van der Waals surface area (Å²) in [6.45, 7) is 2.89. The van der Waals surface area contributed by atoms with Crippen LogP contribution in [0.4, 0.5) is 13.2 Å². The Morgan fingerprint density at radius 3 is 2.84 bits per heavy atom. The normalized spacial score (nSPS) is 24.2. The molecule has 5 nitrogen and oxygen atoms in total. The molecule has 1 saturated heterocycles. The third kappa shape index (κ3) is 3.46. The lowest BCUT2D eigenvalue weighted by Crippen LogP contribution is -2.31. The van der Waals surface area contributed by atoms with Gasteiger partial charge in [0.25, 0.3) is 0 Å². The van der Waals surface area contributed by atoms with Gasteiger partial charge in [-0.15, -0.1) is 0 Å². The van der Waals surface area contributed by atoms with E-state index in [2.05, 4.69) is 22.0 Å². The zero-order chi connectivity index (χ0) is 14.0. The van der Waals surface area contributed by atoms with Gasteiger partial charge in [-0.25, -0.2) is 4.79 Å². The highest BCUT2D eigenvalue weighted by molar-refractivity contribution is 5.77. The number of ether oxygens (including phenoxy) is 1. The lowest BCUT2D eigenvalue weighted by molar-refractivity contribution is -0.191. The minimum absolute atomic E-state index is 0.109. The average Bonchev–Trinajstić information content (AvgIpc) is 2.77. The highest BCUT2D eigenvalue weighted by Gasteiger charge is 2.42. The number of carbonyl (C=O) groups is 1. The maximum atomic E-state index is 12.0. The number of aromatic nitrogens is 1. The molecule has 2 rings (SSSR count). The van der Waals surface area contributed by atoms with E-state index in [0.717, 1.165) is 19.4 Å². The number of halogens is 3. The minimum Gasteiger partial charge on any atom is -0.412 e. The van der Waals surface area contributed by atoms with Gasteiger partial charge in [0.2, 0.25) is 0 Å². The van der Waals surface area contributed by atoms with E-state index in [1.807, 2.05) is 0 Å². The van der Waals surface area contributed by atoms with Crippen molar-refractivity contribution in [3.8, 4) is 6.08 Å². The van der Waals surface area contributed by atoms with Crippen molar-refractivity contribution >= 4 is 5.97 Å². The van der Waals surface area contributed by atoms with Crippen LogP contribution in [0, 0.1) is 5.92 Å². The van der Waals surface area contributed by atoms with Crippen molar-refractivity contribution in [2.75, 3.05) is 6.54 Å². The Labute approximate surface area is 107 Å². The van der Waals surface area contributed by atoms with E-state index in [4.69, 9.17) is 4.42 Å². The van der Waals surface area contributed by atoms with Gasteiger partial charge < -0.3 is 14.5 Å². The van der Waals surface area contributed by atoms with Gasteiger partial charge >= 0.3 is 18.2 Å². The molecule has 19 heavy (non-hydrogen) atoms. The first-order chi connectivity index (χ1) is 8.86. The van der Waals surface area contributed by atoms with Crippen molar-refractivity contribution in [1.82, 2.24) is 10.3 Å². The Bertz CT molecular complexity index is 450. The van der Waals surface area contributed by atoms with Crippen LogP contribution in [-0.2, 0) is 4.79 Å². The van der Waals surface area contributed by atoms with Gasteiger partial charge in [-0.3, -0.25) is 0 Å². The van der Waals surface area contributed by atoms with E-state index in [0.29, 0.717) is 11.7 Å². The van der Waals surface area contributed by atoms with E-state index in [1.54, 1.807) is 0 Å². The van der Waals surface area contributed by atoms with Crippen LogP contribution in [0.2, 0.25) is 0 Å². The molecule has 2 unspecified atom stereocenters. The number of oxazole rings is 1. The molecule has 1 N–H and O–H groups in total. The number of rotatable bonds is 2. The predicted octanol–water partition coefficient (Wildman–Crippen LogP) is 2.20. The average molecular weight is 278 g/mol. The summed E-state index contributed by atoms with van der Waals surface area (Å²) in [6, 6.07) is -0.109. The molecular formula is C11H13F3N2O3. The number of nitrogens with one attached hydrogen (secondary N) is 1. The van der Waals surface area contributed by atoms with Crippen molar-refractivity contribution < 1.29 is 27.1 Å². The second-order valence-corrected chi connectivity index (χ2v) is 4.56. The fourth-order valence-corrected chi connectivity index (χ4v) is 1.86. The second kappa shape index (κ2) is 5.20. The maximum Gasteiger partial charge on any atom is 0.491 e. The Morgan fingerprint density at radius 2 is 2.26 bits per heavy atom. The number of piperidine rings is 1. The smallest absolute Gasteiger partial charge is 0.412 e. The number of nitrogens with zero attached hydrogens (tertiary/aromatic N) is 1. The number of carbonyl (C=O) groups excluding carboxylic acids is 1. The molecule has 0 aromatic carbocycles. The zero-order valence-electron chi connectivity index (χ0n) is 10.2. The Morgan fingerprint density at radius 1 is 1.53 bits per heavy atom. The Hall–Kier alpha value is -1.57. The third-order valence-corrected chi connectivity index (χ3v) is 2.92. The van der Waals surface area contributed by atoms with Gasteiger partial charge in [-0.2, -0.15) is 18.2 Å². The molecule has 0 radical (unpaired) electrons. The van der Waals surface area contributed by atoms with E-state index in [-0.39, 0.29) is 6.04 Å². The van der Waals surface area contributed by atoms with Crippen molar-refractivity contribution in [3.05, 3.63) is 12.0 Å². The van der Waals surface area contributed by atoms with Crippen LogP contribution < -0.4 is 10.1 Å². The molecule has 106 valence electrons. The molecule has 0 bridgehead atoms. The van der Waals surface area contributed by atoms with Crippen molar-refractivity contribution in [3.63, 3.8) is 0 Å². The number of alkyl halides is 3. The lowest BCUT2D eigenvalue weighted by Gasteiger charge is -2.25. The summed E-state index contributed by atoms with van der Waals surface area (Å²) >= 11 is 0. The largest absolute Gasteiger partial charge is 0.491 e. The van der Waals surface area contributed by atoms with Crippen LogP contribution >= 0.6 is 0 Å². The van der Waals surface area contributed by atoms with Crippen molar-refractivity contribution in [2.45, 2.75) is 32.0 Å². The summed E-state index contributed by atoms with van der Waals surface area (Å²) < 4.78 is 45.0. The predicted molar refractivity (Wildman–Crippen MR) is 57.3 cm³/mol. The van der Waals surface area contributed by atoms with Gasteiger partial charge in [-0.05, 0) is 25.3 Å². The van der Waals surface area contributed by atoms with Gasteiger partial charge in [0.15, 0.2) is 0 Å². The van der Waals surface area contributed by atoms with Crippen LogP contribution in [0.5, 0.6) is 6.08 Å². The van der Waals surface area contributed by atoms with Gasteiger partial charge in [-0.1, -0.05) is 6.92 Å². The molecule has 2 atom stereocenters. The summed E-state index contributed by atoms with van der Waals surface area (Å²) in [4.78, 5) is 14.1. The van der Waals surface area contributed by atoms with E-state index >= 15 is 0 Å². The third-order valence-electron chi connectivity index (χ3n) is 2.92. The number of hydrogen-bond acceptors (Lipinski definition) is 5. The molecule has 1 aliphatic heterocycles.